The minimum Gasteiger partial charge on any atom is -0.277 e. The molecular weight excluding hydrogens is 384 g/mol. The predicted octanol–water partition coefficient (Wildman–Crippen LogP) is 2.59. The zero-order chi connectivity index (χ0) is 19.7. The maximum atomic E-state index is 12.9. The predicted molar refractivity (Wildman–Crippen MR) is 107 cm³/mol. The van der Waals surface area contributed by atoms with Crippen molar-refractivity contribution in [2.24, 2.45) is 7.05 Å². The van der Waals surface area contributed by atoms with E-state index < -0.39 is 0 Å². The van der Waals surface area contributed by atoms with Crippen LogP contribution in [0.25, 0.3) is 11.0 Å². The molecule has 10 heteroatoms. The monoisotopic (exact) mass is 406 g/mol. The van der Waals surface area contributed by atoms with E-state index >= 15 is 0 Å². The quantitative estimate of drug-likeness (QED) is 0.581. The zero-order valence-electron chi connectivity index (χ0n) is 16.0. The van der Waals surface area contributed by atoms with Gasteiger partial charge in [-0.2, -0.15) is 4.37 Å². The lowest BCUT2D eigenvalue weighted by Crippen LogP contribution is -2.39. The number of rotatable bonds is 6. The molecular formula is C17H22N6O2S2. The number of hydrogen-bond acceptors (Lipinski definition) is 8. The Balaban J connectivity index is 2.33. The molecule has 0 saturated heterocycles. The Labute approximate surface area is 164 Å². The molecule has 0 saturated carbocycles. The van der Waals surface area contributed by atoms with Gasteiger partial charge in [0.25, 0.3) is 5.56 Å². The summed E-state index contributed by atoms with van der Waals surface area (Å²) in [6.07, 6.45) is 1.50. The Bertz CT molecular complexity index is 1100. The fraction of sp³-hybridized carbons (Fsp3) is 0.529. The average molecular weight is 407 g/mol. The summed E-state index contributed by atoms with van der Waals surface area (Å²) in [5.41, 5.74) is -0.352. The molecule has 0 unspecified atom stereocenters. The lowest BCUT2D eigenvalue weighted by Gasteiger charge is -2.14. The van der Waals surface area contributed by atoms with E-state index in [1.165, 1.54) is 30.3 Å². The van der Waals surface area contributed by atoms with Crippen molar-refractivity contribution in [3.8, 4) is 0 Å². The molecule has 0 aliphatic heterocycles. The van der Waals surface area contributed by atoms with Crippen molar-refractivity contribution in [3.63, 3.8) is 0 Å². The normalized spacial score (nSPS) is 11.6. The van der Waals surface area contributed by atoms with Crippen molar-refractivity contribution < 1.29 is 0 Å². The Morgan fingerprint density at radius 2 is 1.89 bits per heavy atom. The fourth-order valence-electron chi connectivity index (χ4n) is 2.62. The average Bonchev–Trinajstić information content (AvgIpc) is 3.10. The first-order valence-electron chi connectivity index (χ1n) is 8.89. The molecule has 3 aromatic heterocycles. The van der Waals surface area contributed by atoms with Gasteiger partial charge in [0.1, 0.15) is 22.1 Å². The summed E-state index contributed by atoms with van der Waals surface area (Å²) < 4.78 is 7.70. The van der Waals surface area contributed by atoms with Gasteiger partial charge in [0.15, 0.2) is 9.99 Å². The van der Waals surface area contributed by atoms with Crippen LogP contribution in [0.3, 0.4) is 0 Å². The Morgan fingerprint density at radius 1 is 1.15 bits per heavy atom. The van der Waals surface area contributed by atoms with E-state index in [1.807, 2.05) is 27.7 Å². The molecule has 0 spiro atoms. The lowest BCUT2D eigenvalue weighted by molar-refractivity contribution is 0.603. The Kier molecular flexibility index (Phi) is 5.75. The molecule has 0 amide bonds. The number of hydrogen-bond donors (Lipinski definition) is 0. The van der Waals surface area contributed by atoms with Crippen LogP contribution < -0.4 is 11.2 Å². The Morgan fingerprint density at radius 3 is 2.48 bits per heavy atom. The van der Waals surface area contributed by atoms with Crippen LogP contribution in [0.15, 0.2) is 19.0 Å². The van der Waals surface area contributed by atoms with Crippen LogP contribution in [-0.2, 0) is 20.0 Å². The van der Waals surface area contributed by atoms with Crippen LogP contribution in [0.2, 0.25) is 0 Å². The second-order valence-corrected chi connectivity index (χ2v) is 8.46. The van der Waals surface area contributed by atoms with E-state index in [2.05, 4.69) is 19.3 Å². The molecule has 0 atom stereocenters. The summed E-state index contributed by atoms with van der Waals surface area (Å²) in [6, 6.07) is 0. The van der Waals surface area contributed by atoms with E-state index in [4.69, 9.17) is 0 Å². The van der Waals surface area contributed by atoms with Crippen molar-refractivity contribution in [2.45, 2.75) is 62.4 Å². The molecule has 0 aliphatic rings. The largest absolute Gasteiger partial charge is 0.332 e. The molecule has 3 rings (SSSR count). The minimum absolute atomic E-state index is 0.0589. The van der Waals surface area contributed by atoms with E-state index in [0.29, 0.717) is 28.4 Å². The highest BCUT2D eigenvalue weighted by Gasteiger charge is 2.21. The van der Waals surface area contributed by atoms with Crippen molar-refractivity contribution in [3.05, 3.63) is 32.5 Å². The van der Waals surface area contributed by atoms with Gasteiger partial charge in [-0.25, -0.2) is 19.7 Å². The minimum atomic E-state index is -0.389. The topological polar surface area (TPSA) is 95.6 Å². The second kappa shape index (κ2) is 7.89. The summed E-state index contributed by atoms with van der Waals surface area (Å²) >= 11 is 2.59. The molecule has 0 aliphatic carbocycles. The van der Waals surface area contributed by atoms with Crippen molar-refractivity contribution in [2.75, 3.05) is 0 Å². The summed E-state index contributed by atoms with van der Waals surface area (Å²) in [7, 11) is 1.49. The lowest BCUT2D eigenvalue weighted by atomic mass is 10.2. The summed E-state index contributed by atoms with van der Waals surface area (Å²) in [5, 5.41) is 0.876. The van der Waals surface area contributed by atoms with Crippen LogP contribution >= 0.6 is 23.3 Å². The Hall–Kier alpha value is -2.07. The van der Waals surface area contributed by atoms with Crippen LogP contribution in [-0.4, -0.2) is 28.5 Å². The standard InChI is InChI=1S/C17H22N6O2S2/c1-6-8-23-13-11(15(24)22(5)17(23)25)14(20-12(19-13)9(3)4)26-16-18-10(7-2)21-27-16/h9H,6-8H2,1-5H3. The maximum absolute atomic E-state index is 12.9. The first-order valence-corrected chi connectivity index (χ1v) is 10.5. The van der Waals surface area contributed by atoms with Gasteiger partial charge < -0.3 is 0 Å². The van der Waals surface area contributed by atoms with Gasteiger partial charge in [-0.15, -0.1) is 0 Å². The smallest absolute Gasteiger partial charge is 0.277 e. The molecule has 0 aromatic carbocycles. The molecule has 3 heterocycles. The maximum Gasteiger partial charge on any atom is 0.332 e. The molecule has 144 valence electrons. The molecule has 27 heavy (non-hydrogen) atoms. The third-order valence-electron chi connectivity index (χ3n) is 4.08. The van der Waals surface area contributed by atoms with Gasteiger partial charge in [-0.1, -0.05) is 27.7 Å². The van der Waals surface area contributed by atoms with Gasteiger partial charge in [0.05, 0.1) is 0 Å². The van der Waals surface area contributed by atoms with Gasteiger partial charge in [-0.3, -0.25) is 13.9 Å². The summed E-state index contributed by atoms with van der Waals surface area (Å²) in [4.78, 5) is 39.2. The van der Waals surface area contributed by atoms with Gasteiger partial charge >= 0.3 is 5.69 Å². The van der Waals surface area contributed by atoms with E-state index in [0.717, 1.165) is 27.6 Å². The molecule has 3 aromatic rings. The van der Waals surface area contributed by atoms with Crippen LogP contribution in [0, 0.1) is 0 Å². The van der Waals surface area contributed by atoms with Crippen molar-refractivity contribution in [1.29, 1.82) is 0 Å². The first-order chi connectivity index (χ1) is 12.9. The highest BCUT2D eigenvalue weighted by atomic mass is 32.2. The highest BCUT2D eigenvalue weighted by molar-refractivity contribution is 8.01. The zero-order valence-corrected chi connectivity index (χ0v) is 17.6. The van der Waals surface area contributed by atoms with Gasteiger partial charge in [0.2, 0.25) is 0 Å². The van der Waals surface area contributed by atoms with Crippen LogP contribution in [0.4, 0.5) is 0 Å². The fourth-order valence-corrected chi connectivity index (χ4v) is 4.35. The SMILES string of the molecule is CCCn1c(=O)n(C)c(=O)c2c(Sc3nc(CC)ns3)nc(C(C)C)nc21. The van der Waals surface area contributed by atoms with Crippen molar-refractivity contribution in [1.82, 2.24) is 28.5 Å². The van der Waals surface area contributed by atoms with Gasteiger partial charge in [-0.05, 0) is 29.7 Å². The number of nitrogens with zero attached hydrogens (tertiary/aromatic N) is 6. The molecule has 8 nitrogen and oxygen atoms in total. The molecule has 0 N–H and O–H groups in total. The van der Waals surface area contributed by atoms with E-state index in [-0.39, 0.29) is 17.2 Å². The number of aromatic nitrogens is 6. The highest BCUT2D eigenvalue weighted by Crippen LogP contribution is 2.32. The third-order valence-corrected chi connectivity index (χ3v) is 5.86. The molecule has 0 radical (unpaired) electrons. The molecule has 0 fully saturated rings. The van der Waals surface area contributed by atoms with Gasteiger partial charge in [0, 0.05) is 25.9 Å². The van der Waals surface area contributed by atoms with E-state index in [1.54, 1.807) is 4.57 Å². The number of aryl methyl sites for hydroxylation is 2. The van der Waals surface area contributed by atoms with E-state index in [9.17, 15) is 9.59 Å². The third kappa shape index (κ3) is 3.68. The van der Waals surface area contributed by atoms with Crippen LogP contribution in [0.1, 0.15) is 51.7 Å². The molecule has 0 bridgehead atoms. The number of fused-ring (bicyclic) bond motifs is 1. The summed E-state index contributed by atoms with van der Waals surface area (Å²) in [5.74, 6) is 1.42. The van der Waals surface area contributed by atoms with Crippen molar-refractivity contribution >= 4 is 34.3 Å². The first kappa shape index (κ1) is 19.7. The summed E-state index contributed by atoms with van der Waals surface area (Å²) in [6.45, 7) is 8.43. The second-order valence-electron chi connectivity index (χ2n) is 6.47. The van der Waals surface area contributed by atoms with Crippen LogP contribution in [0.5, 0.6) is 0 Å².